The van der Waals surface area contributed by atoms with Crippen molar-refractivity contribution in [3.05, 3.63) is 62.3 Å². The van der Waals surface area contributed by atoms with Crippen molar-refractivity contribution in [2.45, 2.75) is 19.5 Å². The number of hydrogen-bond acceptors (Lipinski definition) is 2. The molecule has 0 saturated heterocycles. The molecule has 0 amide bonds. The van der Waals surface area contributed by atoms with E-state index in [2.05, 4.69) is 33.2 Å². The van der Waals surface area contributed by atoms with Crippen LogP contribution < -0.4 is 5.32 Å². The normalized spacial score (nSPS) is 12.4. The minimum absolute atomic E-state index is 0.142. The summed E-state index contributed by atoms with van der Waals surface area (Å²) in [6.45, 7) is 2.80. The van der Waals surface area contributed by atoms with Crippen LogP contribution in [-0.4, -0.2) is 4.98 Å². The lowest BCUT2D eigenvalue weighted by Crippen LogP contribution is -2.18. The first kappa shape index (κ1) is 14.8. The van der Waals surface area contributed by atoms with Crippen molar-refractivity contribution in [1.29, 1.82) is 0 Å². The van der Waals surface area contributed by atoms with Crippen molar-refractivity contribution in [3.63, 3.8) is 0 Å². The Hall–Kier alpha value is -0.610. The van der Waals surface area contributed by atoms with E-state index >= 15 is 0 Å². The summed E-state index contributed by atoms with van der Waals surface area (Å²) in [5.74, 6) is 0. The molecule has 0 aliphatic rings. The van der Waals surface area contributed by atoms with Gasteiger partial charge in [0.2, 0.25) is 0 Å². The van der Waals surface area contributed by atoms with E-state index in [1.165, 1.54) is 0 Å². The van der Waals surface area contributed by atoms with Crippen molar-refractivity contribution in [1.82, 2.24) is 10.3 Å². The average Bonchev–Trinajstić information content (AvgIpc) is 2.36. The van der Waals surface area contributed by atoms with E-state index in [0.717, 1.165) is 22.1 Å². The zero-order chi connectivity index (χ0) is 13.8. The molecule has 1 atom stereocenters. The molecule has 0 radical (unpaired) electrons. The van der Waals surface area contributed by atoms with Crippen LogP contribution in [0.25, 0.3) is 0 Å². The van der Waals surface area contributed by atoms with Gasteiger partial charge in [-0.2, -0.15) is 0 Å². The van der Waals surface area contributed by atoms with E-state index in [9.17, 15) is 0 Å². The first-order valence-electron chi connectivity index (χ1n) is 5.84. The van der Waals surface area contributed by atoms with Crippen molar-refractivity contribution >= 4 is 39.1 Å². The molecule has 1 aromatic carbocycles. The highest BCUT2D eigenvalue weighted by molar-refractivity contribution is 9.10. The highest BCUT2D eigenvalue weighted by Gasteiger charge is 2.09. The topological polar surface area (TPSA) is 24.9 Å². The predicted molar refractivity (Wildman–Crippen MR) is 83.7 cm³/mol. The lowest BCUT2D eigenvalue weighted by atomic mass is 10.1. The van der Waals surface area contributed by atoms with Gasteiger partial charge in [0.1, 0.15) is 0 Å². The van der Waals surface area contributed by atoms with Crippen LogP contribution in [0.5, 0.6) is 0 Å². The first-order chi connectivity index (χ1) is 9.06. The molecule has 2 rings (SSSR count). The van der Waals surface area contributed by atoms with Crippen molar-refractivity contribution < 1.29 is 0 Å². The molecule has 19 heavy (non-hydrogen) atoms. The lowest BCUT2D eigenvalue weighted by Gasteiger charge is -2.16. The highest BCUT2D eigenvalue weighted by Crippen LogP contribution is 2.26. The molecule has 5 heteroatoms. The second-order valence-electron chi connectivity index (χ2n) is 4.28. The Balaban J connectivity index is 2.03. The van der Waals surface area contributed by atoms with Crippen LogP contribution >= 0.6 is 39.1 Å². The van der Waals surface area contributed by atoms with Gasteiger partial charge in [0.25, 0.3) is 0 Å². The quantitative estimate of drug-likeness (QED) is 0.830. The van der Waals surface area contributed by atoms with Gasteiger partial charge >= 0.3 is 0 Å². The van der Waals surface area contributed by atoms with E-state index < -0.39 is 0 Å². The summed E-state index contributed by atoms with van der Waals surface area (Å²) in [6.07, 6.45) is 3.61. The van der Waals surface area contributed by atoms with Gasteiger partial charge in [0.05, 0.1) is 0 Å². The minimum atomic E-state index is 0.142. The number of hydrogen-bond donors (Lipinski definition) is 1. The lowest BCUT2D eigenvalue weighted by molar-refractivity contribution is 0.574. The van der Waals surface area contributed by atoms with Gasteiger partial charge in [0, 0.05) is 39.5 Å². The Morgan fingerprint density at radius 1 is 1.26 bits per heavy atom. The standard InChI is InChI=1S/C14H13BrCl2N2/c1-9(13-3-2-12(16)5-14(13)17)19-7-10-4-11(15)8-18-6-10/h2-6,8-9,19H,7H2,1H3. The molecule has 0 fully saturated rings. The van der Waals surface area contributed by atoms with Crippen LogP contribution in [0, 0.1) is 0 Å². The first-order valence-corrected chi connectivity index (χ1v) is 7.39. The van der Waals surface area contributed by atoms with E-state index in [4.69, 9.17) is 23.2 Å². The van der Waals surface area contributed by atoms with E-state index in [1.54, 1.807) is 12.3 Å². The van der Waals surface area contributed by atoms with Crippen LogP contribution in [0.1, 0.15) is 24.1 Å². The Morgan fingerprint density at radius 2 is 2.05 bits per heavy atom. The highest BCUT2D eigenvalue weighted by atomic mass is 79.9. The SMILES string of the molecule is CC(NCc1cncc(Br)c1)c1ccc(Cl)cc1Cl. The summed E-state index contributed by atoms with van der Waals surface area (Å²) < 4.78 is 0.976. The molecule has 0 saturated carbocycles. The smallest absolute Gasteiger partial charge is 0.0468 e. The second kappa shape index (κ2) is 6.71. The fraction of sp³-hybridized carbons (Fsp3) is 0.214. The molecular weight excluding hydrogens is 347 g/mol. The van der Waals surface area contributed by atoms with Gasteiger partial charge in [-0.05, 0) is 52.2 Å². The maximum atomic E-state index is 6.19. The van der Waals surface area contributed by atoms with Crippen molar-refractivity contribution in [2.24, 2.45) is 0 Å². The third-order valence-corrected chi connectivity index (χ3v) is 3.80. The van der Waals surface area contributed by atoms with Crippen LogP contribution in [0.3, 0.4) is 0 Å². The number of aromatic nitrogens is 1. The number of halogens is 3. The fourth-order valence-corrected chi connectivity index (χ4v) is 2.77. The summed E-state index contributed by atoms with van der Waals surface area (Å²) in [6, 6.07) is 7.74. The van der Waals surface area contributed by atoms with Gasteiger partial charge in [0.15, 0.2) is 0 Å². The monoisotopic (exact) mass is 358 g/mol. The Kier molecular flexibility index (Phi) is 5.22. The number of pyridine rings is 1. The van der Waals surface area contributed by atoms with Gasteiger partial charge in [-0.1, -0.05) is 29.3 Å². The molecule has 1 heterocycles. The molecule has 2 nitrogen and oxygen atoms in total. The molecule has 1 unspecified atom stereocenters. The molecule has 0 bridgehead atoms. The Morgan fingerprint density at radius 3 is 2.74 bits per heavy atom. The maximum Gasteiger partial charge on any atom is 0.0468 e. The molecule has 1 N–H and O–H groups in total. The predicted octanol–water partition coefficient (Wildman–Crippen LogP) is 5.00. The van der Waals surface area contributed by atoms with E-state index in [1.807, 2.05) is 24.4 Å². The minimum Gasteiger partial charge on any atom is -0.306 e. The van der Waals surface area contributed by atoms with Crippen LogP contribution in [-0.2, 0) is 6.54 Å². The zero-order valence-corrected chi connectivity index (χ0v) is 13.4. The fourth-order valence-electron chi connectivity index (χ4n) is 1.79. The number of rotatable bonds is 4. The maximum absolute atomic E-state index is 6.19. The zero-order valence-electron chi connectivity index (χ0n) is 10.3. The van der Waals surface area contributed by atoms with Crippen LogP contribution in [0.2, 0.25) is 10.0 Å². The van der Waals surface area contributed by atoms with E-state index in [0.29, 0.717) is 10.0 Å². The largest absolute Gasteiger partial charge is 0.306 e. The molecule has 1 aromatic heterocycles. The second-order valence-corrected chi connectivity index (χ2v) is 6.04. The van der Waals surface area contributed by atoms with Crippen LogP contribution in [0.4, 0.5) is 0 Å². The van der Waals surface area contributed by atoms with Gasteiger partial charge in [-0.25, -0.2) is 0 Å². The van der Waals surface area contributed by atoms with Gasteiger partial charge in [-0.3, -0.25) is 4.98 Å². The Bertz CT molecular complexity index is 575. The summed E-state index contributed by atoms with van der Waals surface area (Å²) in [5.41, 5.74) is 2.15. The third-order valence-electron chi connectivity index (χ3n) is 2.80. The summed E-state index contributed by atoms with van der Waals surface area (Å²) in [4.78, 5) is 4.13. The number of benzene rings is 1. The molecule has 0 aliphatic carbocycles. The van der Waals surface area contributed by atoms with Crippen molar-refractivity contribution in [2.75, 3.05) is 0 Å². The Labute approximate surface area is 131 Å². The summed E-state index contributed by atoms with van der Waals surface area (Å²) in [5, 5.41) is 4.74. The summed E-state index contributed by atoms with van der Waals surface area (Å²) >= 11 is 15.5. The molecule has 100 valence electrons. The van der Waals surface area contributed by atoms with Crippen molar-refractivity contribution in [3.8, 4) is 0 Å². The molecule has 2 aromatic rings. The molecular formula is C14H13BrCl2N2. The van der Waals surface area contributed by atoms with Crippen LogP contribution in [0.15, 0.2) is 41.1 Å². The average molecular weight is 360 g/mol. The molecule has 0 spiro atoms. The van der Waals surface area contributed by atoms with E-state index in [-0.39, 0.29) is 6.04 Å². The van der Waals surface area contributed by atoms with Gasteiger partial charge < -0.3 is 5.32 Å². The number of nitrogens with one attached hydrogen (secondary N) is 1. The number of nitrogens with zero attached hydrogens (tertiary/aromatic N) is 1. The summed E-state index contributed by atoms with van der Waals surface area (Å²) in [7, 11) is 0. The third kappa shape index (κ3) is 4.18. The molecule has 0 aliphatic heterocycles. The van der Waals surface area contributed by atoms with Gasteiger partial charge in [-0.15, -0.1) is 0 Å².